The zero-order valence-electron chi connectivity index (χ0n) is 23.7. The number of hydrogen-bond acceptors (Lipinski definition) is 9. The number of rotatable bonds is 8. The predicted octanol–water partition coefficient (Wildman–Crippen LogP) is 5.10. The molecule has 11 heteroatoms. The van der Waals surface area contributed by atoms with Gasteiger partial charge >= 0.3 is 5.97 Å². The summed E-state index contributed by atoms with van der Waals surface area (Å²) in [7, 11) is 1.43. The molecule has 5 rings (SSSR count). The number of carbonyl (C=O) groups excluding carboxylic acids is 1. The van der Waals surface area contributed by atoms with Crippen molar-refractivity contribution in [1.29, 1.82) is 0 Å². The smallest absolute Gasteiger partial charge is 0.338 e. The summed E-state index contributed by atoms with van der Waals surface area (Å²) in [5.41, 5.74) is 2.44. The molecule has 0 N–H and O–H groups in total. The van der Waals surface area contributed by atoms with Crippen LogP contribution in [0.1, 0.15) is 56.5 Å². The Kier molecular flexibility index (Phi) is 7.95. The van der Waals surface area contributed by atoms with Gasteiger partial charge in [0.2, 0.25) is 0 Å². The number of benzene rings is 2. The van der Waals surface area contributed by atoms with Crippen LogP contribution >= 0.6 is 11.3 Å². The summed E-state index contributed by atoms with van der Waals surface area (Å²) < 4.78 is 18.2. The topological polar surface area (TPSA) is 126 Å². The van der Waals surface area contributed by atoms with Crippen LogP contribution in [0.5, 0.6) is 5.75 Å². The van der Waals surface area contributed by atoms with Gasteiger partial charge in [0.1, 0.15) is 17.3 Å². The number of esters is 1. The number of nitro benzene ring substituents is 1. The SMILES string of the molecule is CCOC(=O)C1=C(C)N=c2s/c(=C\c3ccc(-c4ccc(OC)cc4[N+](=O)[O-])o3)c(=O)n2[C@@H]1c1ccc(C(C)C)cc1. The molecule has 0 radical (unpaired) electrons. The van der Waals surface area contributed by atoms with Gasteiger partial charge in [0.05, 0.1) is 52.1 Å². The van der Waals surface area contributed by atoms with Gasteiger partial charge in [0, 0.05) is 6.08 Å². The fourth-order valence-electron chi connectivity index (χ4n) is 4.87. The first-order chi connectivity index (χ1) is 20.1. The summed E-state index contributed by atoms with van der Waals surface area (Å²) >= 11 is 1.17. The minimum atomic E-state index is -0.724. The molecule has 1 atom stereocenters. The second-order valence-electron chi connectivity index (χ2n) is 9.97. The van der Waals surface area contributed by atoms with Gasteiger partial charge in [-0.3, -0.25) is 19.5 Å². The Morgan fingerprint density at radius 3 is 2.57 bits per heavy atom. The number of methoxy groups -OCH3 is 1. The minimum Gasteiger partial charge on any atom is -0.497 e. The Morgan fingerprint density at radius 2 is 1.93 bits per heavy atom. The van der Waals surface area contributed by atoms with Gasteiger partial charge in [0.25, 0.3) is 11.2 Å². The van der Waals surface area contributed by atoms with Crippen LogP contribution in [0.2, 0.25) is 0 Å². The normalized spacial score (nSPS) is 15.0. The Labute approximate surface area is 245 Å². The lowest BCUT2D eigenvalue weighted by Gasteiger charge is -2.25. The fraction of sp³-hybridized carbons (Fsp3) is 0.258. The van der Waals surface area contributed by atoms with Crippen molar-refractivity contribution in [3.05, 3.63) is 113 Å². The summed E-state index contributed by atoms with van der Waals surface area (Å²) in [6.45, 7) is 7.84. The van der Waals surface area contributed by atoms with E-state index in [0.29, 0.717) is 38.0 Å². The molecule has 1 aliphatic rings. The fourth-order valence-corrected chi connectivity index (χ4v) is 5.90. The average Bonchev–Trinajstić information content (AvgIpc) is 3.56. The van der Waals surface area contributed by atoms with E-state index >= 15 is 0 Å². The van der Waals surface area contributed by atoms with E-state index in [1.165, 1.54) is 29.1 Å². The lowest BCUT2D eigenvalue weighted by Crippen LogP contribution is -2.39. The molecule has 1 aliphatic heterocycles. The van der Waals surface area contributed by atoms with E-state index < -0.39 is 16.9 Å². The summed E-state index contributed by atoms with van der Waals surface area (Å²) in [6.07, 6.45) is 1.57. The van der Waals surface area contributed by atoms with Crippen molar-refractivity contribution in [2.24, 2.45) is 4.99 Å². The molecule has 2 aromatic carbocycles. The van der Waals surface area contributed by atoms with Crippen LogP contribution in [-0.2, 0) is 9.53 Å². The second kappa shape index (κ2) is 11.6. The van der Waals surface area contributed by atoms with Crippen LogP contribution in [0.4, 0.5) is 5.69 Å². The molecule has 4 aromatic rings. The summed E-state index contributed by atoms with van der Waals surface area (Å²) in [5.74, 6) is 0.749. The van der Waals surface area contributed by atoms with E-state index in [4.69, 9.17) is 13.9 Å². The zero-order chi connectivity index (χ0) is 30.1. The Balaban J connectivity index is 1.62. The maximum atomic E-state index is 13.9. The standard InChI is InChI=1S/C31H29N3O7S/c1-6-40-30(36)27-18(4)32-31-33(28(27)20-9-7-19(8-10-20)17(2)3)29(35)26(42-31)16-22-12-14-25(41-22)23-13-11-21(39-5)15-24(23)34(37)38/h7-17,28H,6H2,1-5H3/b26-16-/t28-/m1/s1. The van der Waals surface area contributed by atoms with Crippen molar-refractivity contribution in [2.75, 3.05) is 13.7 Å². The predicted molar refractivity (Wildman–Crippen MR) is 158 cm³/mol. The first kappa shape index (κ1) is 28.7. The van der Waals surface area contributed by atoms with E-state index in [9.17, 15) is 19.7 Å². The minimum absolute atomic E-state index is 0.167. The number of nitrogens with zero attached hydrogens (tertiary/aromatic N) is 3. The van der Waals surface area contributed by atoms with E-state index in [2.05, 4.69) is 18.8 Å². The molecule has 3 heterocycles. The molecule has 42 heavy (non-hydrogen) atoms. The number of furan rings is 1. The van der Waals surface area contributed by atoms with Crippen molar-refractivity contribution in [1.82, 2.24) is 4.57 Å². The lowest BCUT2D eigenvalue weighted by atomic mass is 9.93. The third-order valence-electron chi connectivity index (χ3n) is 7.00. The molecule has 0 saturated carbocycles. The van der Waals surface area contributed by atoms with Crippen molar-refractivity contribution in [3.8, 4) is 17.1 Å². The number of aromatic nitrogens is 1. The van der Waals surface area contributed by atoms with E-state index in [1.807, 2.05) is 24.3 Å². The van der Waals surface area contributed by atoms with Gasteiger partial charge in [0.15, 0.2) is 4.80 Å². The highest BCUT2D eigenvalue weighted by Gasteiger charge is 2.33. The molecule has 2 aromatic heterocycles. The highest BCUT2D eigenvalue weighted by Crippen LogP contribution is 2.35. The quantitative estimate of drug-likeness (QED) is 0.160. The van der Waals surface area contributed by atoms with Gasteiger partial charge in [-0.1, -0.05) is 49.4 Å². The summed E-state index contributed by atoms with van der Waals surface area (Å²) in [4.78, 5) is 43.2. The molecular weight excluding hydrogens is 558 g/mol. The third kappa shape index (κ3) is 5.30. The second-order valence-corrected chi connectivity index (χ2v) is 11.0. The lowest BCUT2D eigenvalue weighted by molar-refractivity contribution is -0.384. The Hall–Kier alpha value is -4.77. The first-order valence-electron chi connectivity index (χ1n) is 13.3. The van der Waals surface area contributed by atoms with Crippen LogP contribution in [0.3, 0.4) is 0 Å². The van der Waals surface area contributed by atoms with E-state index in [0.717, 1.165) is 11.1 Å². The summed E-state index contributed by atoms with van der Waals surface area (Å²) in [6, 6.07) is 14.9. The third-order valence-corrected chi connectivity index (χ3v) is 7.99. The number of fused-ring (bicyclic) bond motifs is 1. The van der Waals surface area contributed by atoms with Crippen LogP contribution < -0.4 is 19.6 Å². The molecule has 0 unspecified atom stereocenters. The number of nitro groups is 1. The number of carbonyl (C=O) groups is 1. The van der Waals surface area contributed by atoms with Gasteiger partial charge in [-0.15, -0.1) is 0 Å². The van der Waals surface area contributed by atoms with Gasteiger partial charge in [-0.2, -0.15) is 0 Å². The van der Waals surface area contributed by atoms with Gasteiger partial charge < -0.3 is 13.9 Å². The average molecular weight is 588 g/mol. The molecule has 10 nitrogen and oxygen atoms in total. The maximum Gasteiger partial charge on any atom is 0.338 e. The Bertz CT molecular complexity index is 1900. The highest BCUT2D eigenvalue weighted by molar-refractivity contribution is 7.07. The van der Waals surface area contributed by atoms with Crippen molar-refractivity contribution in [3.63, 3.8) is 0 Å². The first-order valence-corrected chi connectivity index (χ1v) is 14.2. The van der Waals surface area contributed by atoms with Crippen molar-refractivity contribution < 1.29 is 23.6 Å². The van der Waals surface area contributed by atoms with Crippen LogP contribution in [0, 0.1) is 10.1 Å². The number of thiazole rings is 1. The number of ether oxygens (including phenoxy) is 2. The molecule has 0 spiro atoms. The van der Waals surface area contributed by atoms with Crippen LogP contribution in [0.25, 0.3) is 17.4 Å². The summed E-state index contributed by atoms with van der Waals surface area (Å²) in [5, 5.41) is 11.7. The molecule has 0 amide bonds. The van der Waals surface area contributed by atoms with Crippen molar-refractivity contribution >= 4 is 29.1 Å². The van der Waals surface area contributed by atoms with Crippen LogP contribution in [0.15, 0.2) is 80.1 Å². The molecule has 0 saturated heterocycles. The van der Waals surface area contributed by atoms with Gasteiger partial charge in [-0.25, -0.2) is 9.79 Å². The zero-order valence-corrected chi connectivity index (χ0v) is 24.6. The van der Waals surface area contributed by atoms with Crippen molar-refractivity contribution in [2.45, 2.75) is 39.7 Å². The Morgan fingerprint density at radius 1 is 1.19 bits per heavy atom. The highest BCUT2D eigenvalue weighted by atomic mass is 32.1. The van der Waals surface area contributed by atoms with Crippen LogP contribution in [-0.4, -0.2) is 29.2 Å². The maximum absolute atomic E-state index is 13.9. The molecule has 216 valence electrons. The molecule has 0 aliphatic carbocycles. The largest absolute Gasteiger partial charge is 0.497 e. The monoisotopic (exact) mass is 587 g/mol. The molecule has 0 fully saturated rings. The molecule has 0 bridgehead atoms. The van der Waals surface area contributed by atoms with E-state index in [1.54, 1.807) is 44.2 Å². The molecular formula is C31H29N3O7S. The van der Waals surface area contributed by atoms with Gasteiger partial charge in [-0.05, 0) is 55.2 Å². The van der Waals surface area contributed by atoms with E-state index in [-0.39, 0.29) is 29.2 Å². The number of hydrogen-bond donors (Lipinski definition) is 0. The number of allylic oxidation sites excluding steroid dienone is 1.